The Labute approximate surface area is 141 Å². The van der Waals surface area contributed by atoms with Crippen LogP contribution in [-0.4, -0.2) is 15.0 Å². The summed E-state index contributed by atoms with van der Waals surface area (Å²) in [5.41, 5.74) is 0.602. The Balaban J connectivity index is 2.08. The maximum Gasteiger partial charge on any atom is 0.264 e. The average Bonchev–Trinajstić information content (AvgIpc) is 2.56. The van der Waals surface area contributed by atoms with E-state index >= 15 is 0 Å². The molecular weight excluding hydrogens is 330 g/mol. The molecule has 3 aromatic rings. The molecule has 3 rings (SSSR count). The molecule has 0 aromatic heterocycles. The molecule has 0 radical (unpaired) electrons. The zero-order valence-electron chi connectivity index (χ0n) is 12.6. The van der Waals surface area contributed by atoms with Gasteiger partial charge in [0.15, 0.2) is 0 Å². The predicted molar refractivity (Wildman–Crippen MR) is 95.6 cm³/mol. The van der Waals surface area contributed by atoms with Gasteiger partial charge < -0.3 is 0 Å². The van der Waals surface area contributed by atoms with Crippen LogP contribution < -0.4 is 4.31 Å². The lowest BCUT2D eigenvalue weighted by Gasteiger charge is -2.23. The second-order valence-corrected chi connectivity index (χ2v) is 7.45. The van der Waals surface area contributed by atoms with Crippen molar-refractivity contribution in [1.29, 1.82) is 0 Å². The van der Waals surface area contributed by atoms with Crippen LogP contribution in [0, 0.1) is 0 Å². The van der Waals surface area contributed by atoms with Gasteiger partial charge in [-0.25, -0.2) is 8.42 Å². The van der Waals surface area contributed by atoms with E-state index in [1.807, 2.05) is 37.3 Å². The zero-order valence-corrected chi connectivity index (χ0v) is 14.2. The van der Waals surface area contributed by atoms with Crippen molar-refractivity contribution in [2.75, 3.05) is 10.8 Å². The predicted octanol–water partition coefficient (Wildman–Crippen LogP) is 4.71. The molecule has 5 heteroatoms. The molecule has 0 unspecified atom stereocenters. The Morgan fingerprint density at radius 1 is 0.913 bits per heavy atom. The molecule has 0 bridgehead atoms. The third-order valence-electron chi connectivity index (χ3n) is 3.71. The van der Waals surface area contributed by atoms with E-state index in [4.69, 9.17) is 11.6 Å². The van der Waals surface area contributed by atoms with Crippen LogP contribution in [0.1, 0.15) is 6.92 Å². The van der Waals surface area contributed by atoms with Gasteiger partial charge in [-0.1, -0.05) is 41.9 Å². The number of sulfonamides is 1. The van der Waals surface area contributed by atoms with Crippen LogP contribution in [0.5, 0.6) is 0 Å². The molecule has 0 amide bonds. The van der Waals surface area contributed by atoms with Crippen LogP contribution in [0.4, 0.5) is 5.69 Å². The highest BCUT2D eigenvalue weighted by Crippen LogP contribution is 2.27. The Bertz CT molecular complexity index is 937. The third kappa shape index (κ3) is 3.05. The first-order chi connectivity index (χ1) is 11.0. The van der Waals surface area contributed by atoms with E-state index < -0.39 is 10.0 Å². The van der Waals surface area contributed by atoms with Gasteiger partial charge in [0, 0.05) is 11.6 Å². The molecule has 0 saturated carbocycles. The van der Waals surface area contributed by atoms with Crippen molar-refractivity contribution < 1.29 is 8.42 Å². The highest BCUT2D eigenvalue weighted by atomic mass is 35.5. The van der Waals surface area contributed by atoms with E-state index in [2.05, 4.69) is 0 Å². The molecule has 0 heterocycles. The minimum absolute atomic E-state index is 0.285. The van der Waals surface area contributed by atoms with Crippen molar-refractivity contribution in [1.82, 2.24) is 0 Å². The second kappa shape index (κ2) is 6.22. The molecule has 3 nitrogen and oxygen atoms in total. The average molecular weight is 346 g/mol. The number of halogens is 1. The number of benzene rings is 3. The van der Waals surface area contributed by atoms with E-state index in [0.29, 0.717) is 17.3 Å². The van der Waals surface area contributed by atoms with Gasteiger partial charge in [-0.15, -0.1) is 0 Å². The van der Waals surface area contributed by atoms with Gasteiger partial charge in [-0.3, -0.25) is 4.31 Å². The summed E-state index contributed by atoms with van der Waals surface area (Å²) in [6.45, 7) is 2.16. The lowest BCUT2D eigenvalue weighted by atomic mass is 10.1. The fourth-order valence-corrected chi connectivity index (χ4v) is 4.19. The molecule has 0 fully saturated rings. The van der Waals surface area contributed by atoms with E-state index in [9.17, 15) is 8.42 Å². The lowest BCUT2D eigenvalue weighted by molar-refractivity contribution is 0.592. The normalized spacial score (nSPS) is 11.6. The summed E-state index contributed by atoms with van der Waals surface area (Å²) >= 11 is 5.89. The largest absolute Gasteiger partial charge is 0.267 e. The summed E-state index contributed by atoms with van der Waals surface area (Å²) in [4.78, 5) is 0.285. The molecule has 0 atom stereocenters. The monoisotopic (exact) mass is 345 g/mol. The summed E-state index contributed by atoms with van der Waals surface area (Å²) in [6.07, 6.45) is 0. The number of rotatable bonds is 4. The fourth-order valence-electron chi connectivity index (χ4n) is 2.55. The molecule has 0 spiro atoms. The van der Waals surface area contributed by atoms with Crippen LogP contribution >= 0.6 is 11.6 Å². The highest BCUT2D eigenvalue weighted by molar-refractivity contribution is 7.92. The molecule has 118 valence electrons. The Morgan fingerprint density at radius 2 is 1.57 bits per heavy atom. The van der Waals surface area contributed by atoms with Crippen molar-refractivity contribution in [2.24, 2.45) is 0 Å². The maximum atomic E-state index is 13.0. The van der Waals surface area contributed by atoms with E-state index in [1.165, 1.54) is 4.31 Å². The Morgan fingerprint density at radius 3 is 2.22 bits per heavy atom. The minimum Gasteiger partial charge on any atom is -0.267 e. The van der Waals surface area contributed by atoms with E-state index in [1.54, 1.807) is 36.4 Å². The van der Waals surface area contributed by atoms with Crippen molar-refractivity contribution in [3.05, 3.63) is 71.8 Å². The van der Waals surface area contributed by atoms with Gasteiger partial charge in [-0.2, -0.15) is 0 Å². The summed E-state index contributed by atoms with van der Waals surface area (Å²) in [5, 5.41) is 2.50. The van der Waals surface area contributed by atoms with E-state index in [0.717, 1.165) is 10.8 Å². The van der Waals surface area contributed by atoms with E-state index in [-0.39, 0.29) is 4.90 Å². The van der Waals surface area contributed by atoms with Gasteiger partial charge in [-0.05, 0) is 54.1 Å². The van der Waals surface area contributed by atoms with Gasteiger partial charge in [0.05, 0.1) is 10.6 Å². The quantitative estimate of drug-likeness (QED) is 0.686. The first-order valence-electron chi connectivity index (χ1n) is 7.29. The molecule has 0 aliphatic carbocycles. The second-order valence-electron chi connectivity index (χ2n) is 5.16. The van der Waals surface area contributed by atoms with Crippen LogP contribution in [0.3, 0.4) is 0 Å². The number of anilines is 1. The molecule has 0 N–H and O–H groups in total. The van der Waals surface area contributed by atoms with Crippen molar-refractivity contribution in [3.8, 4) is 0 Å². The Hall–Kier alpha value is -2.04. The van der Waals surface area contributed by atoms with Crippen molar-refractivity contribution in [3.63, 3.8) is 0 Å². The number of hydrogen-bond donors (Lipinski definition) is 0. The molecule has 0 aliphatic rings. The smallest absolute Gasteiger partial charge is 0.264 e. The first kappa shape index (κ1) is 15.8. The van der Waals surface area contributed by atoms with Crippen LogP contribution in [-0.2, 0) is 10.0 Å². The molecule has 3 aromatic carbocycles. The number of nitrogens with zero attached hydrogens (tertiary/aromatic N) is 1. The molecule has 0 aliphatic heterocycles. The third-order valence-corrected chi connectivity index (χ3v) is 5.86. The molecule has 0 saturated heterocycles. The zero-order chi connectivity index (χ0) is 16.4. The van der Waals surface area contributed by atoms with Gasteiger partial charge >= 0.3 is 0 Å². The summed E-state index contributed by atoms with van der Waals surface area (Å²) < 4.78 is 27.4. The number of fused-ring (bicyclic) bond motifs is 1. The summed E-state index contributed by atoms with van der Waals surface area (Å²) in [5.74, 6) is 0. The SMILES string of the molecule is CCN(c1ccc(Cl)cc1)S(=O)(=O)c1ccc2ccccc2c1. The maximum absolute atomic E-state index is 13.0. The summed E-state index contributed by atoms with van der Waals surface area (Å²) in [6, 6.07) is 19.7. The van der Waals surface area contributed by atoms with Crippen LogP contribution in [0.25, 0.3) is 10.8 Å². The van der Waals surface area contributed by atoms with Gasteiger partial charge in [0.2, 0.25) is 0 Å². The minimum atomic E-state index is -3.62. The van der Waals surface area contributed by atoms with Crippen LogP contribution in [0.15, 0.2) is 71.6 Å². The topological polar surface area (TPSA) is 37.4 Å². The first-order valence-corrected chi connectivity index (χ1v) is 9.11. The van der Waals surface area contributed by atoms with Crippen LogP contribution in [0.2, 0.25) is 5.02 Å². The van der Waals surface area contributed by atoms with Crippen molar-refractivity contribution >= 4 is 38.1 Å². The lowest BCUT2D eigenvalue weighted by Crippen LogP contribution is -2.30. The van der Waals surface area contributed by atoms with Crippen molar-refractivity contribution in [2.45, 2.75) is 11.8 Å². The molecule has 23 heavy (non-hydrogen) atoms. The molecular formula is C18H16ClNO2S. The fraction of sp³-hybridized carbons (Fsp3) is 0.111. The highest BCUT2D eigenvalue weighted by Gasteiger charge is 2.23. The van der Waals surface area contributed by atoms with Gasteiger partial charge in [0.25, 0.3) is 10.0 Å². The Kier molecular flexibility index (Phi) is 4.28. The standard InChI is InChI=1S/C18H16ClNO2S/c1-2-20(17-10-8-16(19)9-11-17)23(21,22)18-12-7-14-5-3-4-6-15(14)13-18/h3-13H,2H2,1H3. The summed E-state index contributed by atoms with van der Waals surface area (Å²) in [7, 11) is -3.62. The number of hydrogen-bond acceptors (Lipinski definition) is 2. The van der Waals surface area contributed by atoms with Gasteiger partial charge in [0.1, 0.15) is 0 Å².